The maximum Gasteiger partial charge on any atom is 0.133 e. The van der Waals surface area contributed by atoms with Crippen LogP contribution < -0.4 is 0 Å². The highest BCUT2D eigenvalue weighted by atomic mass is 35.5. The summed E-state index contributed by atoms with van der Waals surface area (Å²) in [5.74, 6) is 1.55. The Morgan fingerprint density at radius 2 is 2.06 bits per heavy atom. The number of nitrogens with one attached hydrogen (secondary N) is 1. The second-order valence-corrected chi connectivity index (χ2v) is 5.48. The van der Waals surface area contributed by atoms with Crippen molar-refractivity contribution in [2.24, 2.45) is 0 Å². The van der Waals surface area contributed by atoms with Gasteiger partial charge in [0, 0.05) is 22.1 Å². The average molecular weight is 277 g/mol. The monoisotopic (exact) mass is 276 g/mol. The fraction of sp³-hybridized carbons (Fsp3) is 0.286. The van der Waals surface area contributed by atoms with Gasteiger partial charge in [0.25, 0.3) is 0 Å². The molecule has 0 spiro atoms. The van der Waals surface area contributed by atoms with E-state index in [0.29, 0.717) is 10.6 Å². The van der Waals surface area contributed by atoms with E-state index in [1.54, 1.807) is 0 Å². The van der Waals surface area contributed by atoms with Crippen LogP contribution in [0.15, 0.2) is 24.3 Å². The van der Waals surface area contributed by atoms with E-state index in [2.05, 4.69) is 9.97 Å². The van der Waals surface area contributed by atoms with Crippen molar-refractivity contribution < 1.29 is 0 Å². The molecular weight excluding hydrogens is 264 g/mol. The first kappa shape index (κ1) is 11.9. The summed E-state index contributed by atoms with van der Waals surface area (Å²) in [7, 11) is 0. The fourth-order valence-electron chi connectivity index (χ4n) is 2.03. The highest BCUT2D eigenvalue weighted by molar-refractivity contribution is 7.71. The van der Waals surface area contributed by atoms with Crippen molar-refractivity contribution in [1.82, 2.24) is 9.97 Å². The van der Waals surface area contributed by atoms with E-state index < -0.39 is 0 Å². The van der Waals surface area contributed by atoms with Gasteiger partial charge in [-0.15, -0.1) is 0 Å². The maximum absolute atomic E-state index is 6.26. The Labute approximate surface area is 116 Å². The summed E-state index contributed by atoms with van der Waals surface area (Å²) < 4.78 is 0.672. The molecule has 1 fully saturated rings. The predicted molar refractivity (Wildman–Crippen MR) is 76.6 cm³/mol. The minimum atomic E-state index is 0.550. The van der Waals surface area contributed by atoms with Gasteiger partial charge < -0.3 is 4.98 Å². The number of H-pyrrole nitrogens is 1. The standard InChI is InChI=1S/C14H13ClN2S/c1-8-12(10-4-2-3-5-11(10)15)16-13(9-6-7-9)17-14(8)18/h2-5,9H,6-7H2,1H3,(H,16,17,18). The van der Waals surface area contributed by atoms with Gasteiger partial charge in [0.15, 0.2) is 0 Å². The molecule has 1 aromatic carbocycles. The van der Waals surface area contributed by atoms with Crippen molar-refractivity contribution in [2.75, 3.05) is 0 Å². The third-order valence-corrected chi connectivity index (χ3v) is 4.01. The summed E-state index contributed by atoms with van der Waals surface area (Å²) in [6.07, 6.45) is 2.40. The SMILES string of the molecule is Cc1c(-c2ccccc2Cl)[nH]c(C2CC2)nc1=S. The van der Waals surface area contributed by atoms with Crippen LogP contribution >= 0.6 is 23.8 Å². The first-order chi connectivity index (χ1) is 8.66. The summed E-state index contributed by atoms with van der Waals surface area (Å²) in [6.45, 7) is 1.99. The van der Waals surface area contributed by atoms with Crippen LogP contribution in [0.1, 0.15) is 30.1 Å². The molecule has 1 aliphatic rings. The molecular formula is C14H13ClN2S. The molecule has 0 atom stereocenters. The summed E-state index contributed by atoms with van der Waals surface area (Å²) >= 11 is 11.6. The molecule has 1 aliphatic carbocycles. The second kappa shape index (κ2) is 4.48. The number of benzene rings is 1. The minimum absolute atomic E-state index is 0.550. The minimum Gasteiger partial charge on any atom is -0.343 e. The zero-order valence-corrected chi connectivity index (χ0v) is 11.6. The lowest BCUT2D eigenvalue weighted by atomic mass is 10.1. The molecule has 0 radical (unpaired) electrons. The van der Waals surface area contributed by atoms with Gasteiger partial charge in [-0.3, -0.25) is 0 Å². The van der Waals surface area contributed by atoms with Crippen LogP contribution in [0.4, 0.5) is 0 Å². The first-order valence-corrected chi connectivity index (χ1v) is 6.81. The maximum atomic E-state index is 6.26. The molecule has 1 saturated carbocycles. The summed E-state index contributed by atoms with van der Waals surface area (Å²) in [4.78, 5) is 7.88. The topological polar surface area (TPSA) is 28.7 Å². The number of hydrogen-bond acceptors (Lipinski definition) is 2. The number of rotatable bonds is 2. The van der Waals surface area contributed by atoms with Crippen molar-refractivity contribution in [3.05, 3.63) is 45.3 Å². The number of halogens is 1. The Balaban J connectivity index is 2.22. The van der Waals surface area contributed by atoms with E-state index >= 15 is 0 Å². The lowest BCUT2D eigenvalue weighted by Gasteiger charge is -2.10. The summed E-state index contributed by atoms with van der Waals surface area (Å²) in [5.41, 5.74) is 2.98. The molecule has 2 aromatic rings. The predicted octanol–water partition coefficient (Wildman–Crippen LogP) is 4.65. The largest absolute Gasteiger partial charge is 0.343 e. The van der Waals surface area contributed by atoms with Crippen LogP contribution in [0, 0.1) is 11.6 Å². The molecule has 4 heteroatoms. The van der Waals surface area contributed by atoms with Crippen molar-refractivity contribution >= 4 is 23.8 Å². The highest BCUT2D eigenvalue weighted by Crippen LogP contribution is 2.39. The van der Waals surface area contributed by atoms with Crippen LogP contribution in [-0.4, -0.2) is 9.97 Å². The Bertz CT molecular complexity index is 659. The van der Waals surface area contributed by atoms with Gasteiger partial charge in [0.05, 0.1) is 5.69 Å². The third-order valence-electron chi connectivity index (χ3n) is 3.28. The van der Waals surface area contributed by atoms with E-state index in [1.807, 2.05) is 31.2 Å². The molecule has 0 amide bonds. The molecule has 1 heterocycles. The quantitative estimate of drug-likeness (QED) is 0.809. The van der Waals surface area contributed by atoms with Crippen molar-refractivity contribution in [3.63, 3.8) is 0 Å². The molecule has 0 saturated heterocycles. The molecule has 0 aliphatic heterocycles. The Morgan fingerprint density at radius 3 is 2.72 bits per heavy atom. The van der Waals surface area contributed by atoms with E-state index in [-0.39, 0.29) is 0 Å². The number of aromatic nitrogens is 2. The van der Waals surface area contributed by atoms with Gasteiger partial charge >= 0.3 is 0 Å². The zero-order chi connectivity index (χ0) is 12.7. The van der Waals surface area contributed by atoms with Crippen molar-refractivity contribution in [1.29, 1.82) is 0 Å². The van der Waals surface area contributed by atoms with Crippen molar-refractivity contribution in [2.45, 2.75) is 25.7 Å². The number of hydrogen-bond donors (Lipinski definition) is 1. The first-order valence-electron chi connectivity index (χ1n) is 6.02. The molecule has 92 valence electrons. The van der Waals surface area contributed by atoms with E-state index in [1.165, 1.54) is 12.8 Å². The molecule has 1 N–H and O–H groups in total. The molecule has 0 unspecified atom stereocenters. The summed E-state index contributed by atoms with van der Waals surface area (Å²) in [5, 5.41) is 0.735. The van der Waals surface area contributed by atoms with Crippen LogP contribution in [0.3, 0.4) is 0 Å². The van der Waals surface area contributed by atoms with Crippen molar-refractivity contribution in [3.8, 4) is 11.3 Å². The molecule has 1 aromatic heterocycles. The van der Waals surface area contributed by atoms with E-state index in [4.69, 9.17) is 23.8 Å². The van der Waals surface area contributed by atoms with Gasteiger partial charge in [0.1, 0.15) is 10.5 Å². The number of aromatic amines is 1. The molecule has 2 nitrogen and oxygen atoms in total. The van der Waals surface area contributed by atoms with Crippen LogP contribution in [0.25, 0.3) is 11.3 Å². The van der Waals surface area contributed by atoms with E-state index in [9.17, 15) is 0 Å². The van der Waals surface area contributed by atoms with E-state index in [0.717, 1.165) is 27.7 Å². The lowest BCUT2D eigenvalue weighted by Crippen LogP contribution is -1.99. The second-order valence-electron chi connectivity index (χ2n) is 4.68. The highest BCUT2D eigenvalue weighted by Gasteiger charge is 2.26. The zero-order valence-electron chi connectivity index (χ0n) is 10.0. The van der Waals surface area contributed by atoms with Gasteiger partial charge in [-0.25, -0.2) is 4.98 Å². The van der Waals surface area contributed by atoms with Crippen LogP contribution in [0.5, 0.6) is 0 Å². The summed E-state index contributed by atoms with van der Waals surface area (Å²) in [6, 6.07) is 7.81. The van der Waals surface area contributed by atoms with Crippen LogP contribution in [-0.2, 0) is 0 Å². The number of nitrogens with zero attached hydrogens (tertiary/aromatic N) is 1. The Kier molecular flexibility index (Phi) is 2.96. The average Bonchev–Trinajstić information content (AvgIpc) is 3.18. The van der Waals surface area contributed by atoms with Crippen LogP contribution in [0.2, 0.25) is 5.02 Å². The molecule has 3 rings (SSSR count). The van der Waals surface area contributed by atoms with Gasteiger partial charge in [-0.2, -0.15) is 0 Å². The Morgan fingerprint density at radius 1 is 1.33 bits per heavy atom. The third kappa shape index (κ3) is 2.08. The van der Waals surface area contributed by atoms with Gasteiger partial charge in [0.2, 0.25) is 0 Å². The fourth-order valence-corrected chi connectivity index (χ4v) is 2.46. The molecule has 0 bridgehead atoms. The van der Waals surface area contributed by atoms with Gasteiger partial charge in [-0.05, 0) is 25.8 Å². The smallest absolute Gasteiger partial charge is 0.133 e. The Hall–Kier alpha value is -1.19. The normalized spacial score (nSPS) is 14.8. The molecule has 18 heavy (non-hydrogen) atoms. The lowest BCUT2D eigenvalue weighted by molar-refractivity contribution is 0.914. The van der Waals surface area contributed by atoms with Gasteiger partial charge in [-0.1, -0.05) is 42.0 Å².